The number of likely N-dealkylation sites (N-methyl/N-ethyl adjacent to an activating group) is 1. The minimum Gasteiger partial charge on any atom is -0.358 e. The highest BCUT2D eigenvalue weighted by molar-refractivity contribution is 7.89. The molecule has 2 heterocycles. The van der Waals surface area contributed by atoms with Gasteiger partial charge in [-0.15, -0.1) is 0 Å². The zero-order chi connectivity index (χ0) is 21.2. The molecule has 1 amide bonds. The summed E-state index contributed by atoms with van der Waals surface area (Å²) in [6, 6.07) is 5.61. The van der Waals surface area contributed by atoms with Crippen LogP contribution in [0.2, 0.25) is 0 Å². The standard InChI is InChI=1S/C18H21N3O6S2/c1-3-4-9-28(24)11-12-10-15(20-27-12)19-18(23)16-17(22)13-7-5-6-8-14(13)29(25,26)21(16)2/h5-8,10,16H,3-4,9,11H2,1-2H3,(H,19,20,23). The van der Waals surface area contributed by atoms with Crippen molar-refractivity contribution in [2.75, 3.05) is 18.1 Å². The molecule has 1 aromatic heterocycles. The quantitative estimate of drug-likeness (QED) is 0.649. The molecule has 9 nitrogen and oxygen atoms in total. The van der Waals surface area contributed by atoms with Crippen LogP contribution in [-0.4, -0.2) is 52.6 Å². The zero-order valence-corrected chi connectivity index (χ0v) is 17.6. The molecule has 2 aromatic rings. The number of carbonyl (C=O) groups is 2. The number of carbonyl (C=O) groups excluding carboxylic acids is 2. The number of ketones is 1. The van der Waals surface area contributed by atoms with E-state index < -0.39 is 38.6 Å². The number of fused-ring (bicyclic) bond motifs is 1. The Kier molecular flexibility index (Phi) is 6.30. The number of hydrogen-bond acceptors (Lipinski definition) is 7. The first-order valence-electron chi connectivity index (χ1n) is 8.98. The molecule has 1 aromatic carbocycles. The predicted molar refractivity (Wildman–Crippen MR) is 106 cm³/mol. The number of benzene rings is 1. The van der Waals surface area contributed by atoms with E-state index in [2.05, 4.69) is 10.5 Å². The molecular weight excluding hydrogens is 418 g/mol. The van der Waals surface area contributed by atoms with Crippen LogP contribution in [0.4, 0.5) is 5.82 Å². The summed E-state index contributed by atoms with van der Waals surface area (Å²) < 4.78 is 43.1. The monoisotopic (exact) mass is 439 g/mol. The number of amides is 1. The molecule has 0 spiro atoms. The summed E-state index contributed by atoms with van der Waals surface area (Å²) in [5.74, 6) is -0.418. The number of anilines is 1. The maximum Gasteiger partial charge on any atom is 0.252 e. The van der Waals surface area contributed by atoms with Crippen LogP contribution in [0.5, 0.6) is 0 Å². The third-order valence-corrected chi connectivity index (χ3v) is 7.74. The fourth-order valence-electron chi connectivity index (χ4n) is 2.96. The van der Waals surface area contributed by atoms with Crippen molar-refractivity contribution in [1.29, 1.82) is 0 Å². The topological polar surface area (TPSA) is 127 Å². The van der Waals surface area contributed by atoms with Crippen molar-refractivity contribution in [3.63, 3.8) is 0 Å². The van der Waals surface area contributed by atoms with Gasteiger partial charge in [-0.25, -0.2) is 8.42 Å². The Morgan fingerprint density at radius 3 is 2.79 bits per heavy atom. The highest BCUT2D eigenvalue weighted by Crippen LogP contribution is 2.29. The molecule has 2 unspecified atom stereocenters. The van der Waals surface area contributed by atoms with Gasteiger partial charge >= 0.3 is 0 Å². The number of nitrogens with one attached hydrogen (secondary N) is 1. The minimum atomic E-state index is -3.99. The molecule has 0 radical (unpaired) electrons. The molecule has 0 bridgehead atoms. The van der Waals surface area contributed by atoms with Gasteiger partial charge in [0.1, 0.15) is 0 Å². The van der Waals surface area contributed by atoms with Crippen LogP contribution < -0.4 is 5.32 Å². The Labute approximate surface area is 171 Å². The van der Waals surface area contributed by atoms with Gasteiger partial charge in [0.05, 0.1) is 10.6 Å². The molecule has 0 fully saturated rings. The van der Waals surface area contributed by atoms with E-state index in [9.17, 15) is 22.2 Å². The highest BCUT2D eigenvalue weighted by Gasteiger charge is 2.45. The molecule has 1 aliphatic heterocycles. The molecule has 2 atom stereocenters. The molecule has 0 aliphatic carbocycles. The molecule has 1 aliphatic rings. The third-order valence-electron chi connectivity index (χ3n) is 4.51. The van der Waals surface area contributed by atoms with Gasteiger partial charge in [-0.05, 0) is 18.6 Å². The summed E-state index contributed by atoms with van der Waals surface area (Å²) >= 11 is 0. The highest BCUT2D eigenvalue weighted by atomic mass is 32.2. The number of nitrogens with zero attached hydrogens (tertiary/aromatic N) is 2. The van der Waals surface area contributed by atoms with E-state index in [1.54, 1.807) is 0 Å². The molecule has 156 valence electrons. The van der Waals surface area contributed by atoms with Gasteiger partial charge in [-0.2, -0.15) is 4.31 Å². The lowest BCUT2D eigenvalue weighted by Crippen LogP contribution is -2.53. The van der Waals surface area contributed by atoms with Gasteiger partial charge < -0.3 is 9.84 Å². The van der Waals surface area contributed by atoms with E-state index in [0.717, 1.165) is 17.1 Å². The Morgan fingerprint density at radius 1 is 1.34 bits per heavy atom. The molecule has 11 heteroatoms. The van der Waals surface area contributed by atoms with Gasteiger partial charge in [0.2, 0.25) is 10.0 Å². The lowest BCUT2D eigenvalue weighted by atomic mass is 10.0. The summed E-state index contributed by atoms with van der Waals surface area (Å²) in [6.07, 6.45) is 1.76. The van der Waals surface area contributed by atoms with Crippen molar-refractivity contribution in [2.24, 2.45) is 0 Å². The SMILES string of the molecule is CCCCS(=O)Cc1cc(NC(=O)C2C(=O)c3ccccc3S(=O)(=O)N2C)no1. The van der Waals surface area contributed by atoms with Crippen LogP contribution in [0, 0.1) is 0 Å². The zero-order valence-electron chi connectivity index (χ0n) is 16.0. The minimum absolute atomic E-state index is 0.0231. The molecule has 29 heavy (non-hydrogen) atoms. The smallest absolute Gasteiger partial charge is 0.252 e. The lowest BCUT2D eigenvalue weighted by molar-refractivity contribution is -0.118. The van der Waals surface area contributed by atoms with Crippen molar-refractivity contribution in [1.82, 2.24) is 9.46 Å². The average molecular weight is 440 g/mol. The molecule has 3 rings (SSSR count). The first-order chi connectivity index (χ1) is 13.8. The van der Waals surface area contributed by atoms with E-state index in [-0.39, 0.29) is 22.0 Å². The second-order valence-corrected chi connectivity index (χ2v) is 10.1. The normalized spacial score (nSPS) is 19.5. The van der Waals surface area contributed by atoms with Crippen LogP contribution in [0.1, 0.15) is 35.9 Å². The van der Waals surface area contributed by atoms with Crippen LogP contribution in [0.25, 0.3) is 0 Å². The van der Waals surface area contributed by atoms with E-state index >= 15 is 0 Å². The second-order valence-electron chi connectivity index (χ2n) is 6.59. The van der Waals surface area contributed by atoms with E-state index in [1.807, 2.05) is 6.92 Å². The summed E-state index contributed by atoms with van der Waals surface area (Å²) in [7, 11) is -3.92. The Bertz CT molecular complexity index is 1060. The van der Waals surface area contributed by atoms with Crippen molar-refractivity contribution < 1.29 is 26.7 Å². The molecule has 0 saturated heterocycles. The van der Waals surface area contributed by atoms with Crippen molar-refractivity contribution in [3.8, 4) is 0 Å². The van der Waals surface area contributed by atoms with E-state index in [1.165, 1.54) is 37.4 Å². The van der Waals surface area contributed by atoms with Gasteiger partial charge in [0, 0.05) is 35.2 Å². The predicted octanol–water partition coefficient (Wildman–Crippen LogP) is 1.55. The number of Topliss-reactive ketones (excluding diaryl/α,β-unsaturated/α-hetero) is 1. The summed E-state index contributed by atoms with van der Waals surface area (Å²) in [4.78, 5) is 25.3. The van der Waals surface area contributed by atoms with Crippen molar-refractivity contribution in [2.45, 2.75) is 36.5 Å². The van der Waals surface area contributed by atoms with Gasteiger partial charge in [-0.3, -0.25) is 13.8 Å². The largest absolute Gasteiger partial charge is 0.358 e. The average Bonchev–Trinajstić information content (AvgIpc) is 3.11. The van der Waals surface area contributed by atoms with Crippen LogP contribution in [0.3, 0.4) is 0 Å². The fraction of sp³-hybridized carbons (Fsp3) is 0.389. The van der Waals surface area contributed by atoms with Gasteiger partial charge in [0.25, 0.3) is 5.91 Å². The Balaban J connectivity index is 1.76. The Hall–Kier alpha value is -2.37. The van der Waals surface area contributed by atoms with Crippen molar-refractivity contribution in [3.05, 3.63) is 41.7 Å². The first kappa shape index (κ1) is 21.3. The number of unbranched alkanes of at least 4 members (excludes halogenated alkanes) is 1. The Morgan fingerprint density at radius 2 is 2.07 bits per heavy atom. The van der Waals surface area contributed by atoms with E-state index in [4.69, 9.17) is 4.52 Å². The molecule has 1 N–H and O–H groups in total. The number of rotatable bonds is 7. The lowest BCUT2D eigenvalue weighted by Gasteiger charge is -2.30. The van der Waals surface area contributed by atoms with Crippen LogP contribution in [-0.2, 0) is 31.4 Å². The summed E-state index contributed by atoms with van der Waals surface area (Å²) in [5, 5.41) is 6.10. The molecule has 0 saturated carbocycles. The van der Waals surface area contributed by atoms with E-state index in [0.29, 0.717) is 11.5 Å². The summed E-state index contributed by atoms with van der Waals surface area (Å²) in [6.45, 7) is 2.00. The number of aromatic nitrogens is 1. The second kappa shape index (κ2) is 8.56. The van der Waals surface area contributed by atoms with Crippen molar-refractivity contribution >= 4 is 38.3 Å². The fourth-order valence-corrected chi connectivity index (χ4v) is 5.64. The summed E-state index contributed by atoms with van der Waals surface area (Å²) in [5.41, 5.74) is -0.0297. The maximum absolute atomic E-state index is 12.7. The third kappa shape index (κ3) is 4.31. The first-order valence-corrected chi connectivity index (χ1v) is 11.9. The van der Waals surface area contributed by atoms with Crippen LogP contribution >= 0.6 is 0 Å². The molecular formula is C18H21N3O6S2. The number of hydrogen-bond donors (Lipinski definition) is 1. The van der Waals surface area contributed by atoms with Gasteiger partial charge in [0.15, 0.2) is 23.4 Å². The maximum atomic E-state index is 12.7. The van der Waals surface area contributed by atoms with Gasteiger partial charge in [-0.1, -0.05) is 30.6 Å². The van der Waals surface area contributed by atoms with Crippen LogP contribution in [0.15, 0.2) is 39.8 Å². The number of sulfonamides is 1.